The molecule has 1 N–H and O–H groups in total. The number of likely N-dealkylation sites (N-methyl/N-ethyl adjacent to an activating group) is 1. The molecule has 1 unspecified atom stereocenters. The Morgan fingerprint density at radius 1 is 1.30 bits per heavy atom. The van der Waals surface area contributed by atoms with Crippen molar-refractivity contribution in [3.63, 3.8) is 0 Å². The van der Waals surface area contributed by atoms with Crippen molar-refractivity contribution in [1.29, 1.82) is 0 Å². The second-order valence-electron chi connectivity index (χ2n) is 7.33. The summed E-state index contributed by atoms with van der Waals surface area (Å²) < 4.78 is 5.70. The molecule has 4 rings (SSSR count). The number of pyridine rings is 1. The highest BCUT2D eigenvalue weighted by atomic mass is 32.1. The lowest BCUT2D eigenvalue weighted by Crippen LogP contribution is -2.34. The normalized spacial score (nSPS) is 14.9. The molecule has 0 bridgehead atoms. The van der Waals surface area contributed by atoms with Crippen molar-refractivity contribution in [2.75, 3.05) is 18.9 Å². The highest BCUT2D eigenvalue weighted by Gasteiger charge is 2.29. The SMILES string of the molecule is CCC(OC(=O)c1c2c(nc3ccccc13)CCN(C)C2)C(=O)Nc1nnc(C)s1. The van der Waals surface area contributed by atoms with E-state index in [9.17, 15) is 9.59 Å². The van der Waals surface area contributed by atoms with Crippen LogP contribution in [0.3, 0.4) is 0 Å². The van der Waals surface area contributed by atoms with Crippen molar-refractivity contribution < 1.29 is 14.3 Å². The first-order valence-electron chi connectivity index (χ1n) is 9.87. The number of ether oxygens (including phenoxy) is 1. The predicted molar refractivity (Wildman–Crippen MR) is 115 cm³/mol. The average molecular weight is 426 g/mol. The van der Waals surface area contributed by atoms with Gasteiger partial charge >= 0.3 is 5.97 Å². The number of para-hydroxylation sites is 1. The lowest BCUT2D eigenvalue weighted by molar-refractivity contribution is -0.124. The number of esters is 1. The van der Waals surface area contributed by atoms with Crippen molar-refractivity contribution in [2.24, 2.45) is 0 Å². The van der Waals surface area contributed by atoms with Crippen molar-refractivity contribution in [1.82, 2.24) is 20.1 Å². The molecule has 1 aromatic carbocycles. The Balaban J connectivity index is 1.65. The molecule has 1 amide bonds. The number of aromatic nitrogens is 3. The maximum absolute atomic E-state index is 13.3. The molecule has 8 nitrogen and oxygen atoms in total. The molecule has 1 aliphatic heterocycles. The first-order chi connectivity index (χ1) is 14.5. The molecule has 0 radical (unpaired) electrons. The monoisotopic (exact) mass is 425 g/mol. The molecule has 3 aromatic rings. The number of hydrogen-bond donors (Lipinski definition) is 1. The minimum Gasteiger partial charge on any atom is -0.449 e. The van der Waals surface area contributed by atoms with Crippen LogP contribution < -0.4 is 5.32 Å². The van der Waals surface area contributed by atoms with Crippen LogP contribution in [0, 0.1) is 6.92 Å². The molecule has 0 fully saturated rings. The molecule has 0 aliphatic carbocycles. The van der Waals surface area contributed by atoms with Crippen molar-refractivity contribution in [2.45, 2.75) is 39.3 Å². The fraction of sp³-hybridized carbons (Fsp3) is 0.381. The van der Waals surface area contributed by atoms with Gasteiger partial charge in [0.15, 0.2) is 6.10 Å². The summed E-state index contributed by atoms with van der Waals surface area (Å²) in [5, 5.41) is 12.3. The van der Waals surface area contributed by atoms with Crippen molar-refractivity contribution in [3.8, 4) is 0 Å². The van der Waals surface area contributed by atoms with Crippen molar-refractivity contribution >= 4 is 39.2 Å². The standard InChI is InChI=1S/C21H23N5O3S/c1-4-17(19(27)23-21-25-24-12(2)30-21)29-20(28)18-13-7-5-6-8-15(13)22-16-9-10-26(3)11-14(16)18/h5-8,17H,4,9-11H2,1-3H3,(H,23,25,27). The Hall–Kier alpha value is -2.91. The van der Waals surface area contributed by atoms with E-state index in [1.165, 1.54) is 11.3 Å². The topological polar surface area (TPSA) is 97.3 Å². The number of carbonyl (C=O) groups is 2. The predicted octanol–water partition coefficient (Wildman–Crippen LogP) is 2.96. The zero-order chi connectivity index (χ0) is 21.3. The molecule has 0 spiro atoms. The zero-order valence-corrected chi connectivity index (χ0v) is 18.0. The molecule has 3 heterocycles. The van der Waals surface area contributed by atoms with Crippen molar-refractivity contribution in [3.05, 3.63) is 46.1 Å². The average Bonchev–Trinajstić information content (AvgIpc) is 3.14. The van der Waals surface area contributed by atoms with E-state index < -0.39 is 18.0 Å². The van der Waals surface area contributed by atoms with E-state index in [0.29, 0.717) is 23.7 Å². The third kappa shape index (κ3) is 4.03. The van der Waals surface area contributed by atoms with Crippen LogP contribution in [0.25, 0.3) is 10.9 Å². The number of carbonyl (C=O) groups excluding carboxylic acids is 2. The third-order valence-corrected chi connectivity index (χ3v) is 5.86. The number of benzene rings is 1. The second kappa shape index (κ2) is 8.45. The van der Waals surface area contributed by atoms with Crippen LogP contribution in [0.15, 0.2) is 24.3 Å². The van der Waals surface area contributed by atoms with Gasteiger partial charge in [0.05, 0.1) is 11.1 Å². The van der Waals surface area contributed by atoms with Crippen LogP contribution in [0.2, 0.25) is 0 Å². The number of anilines is 1. The second-order valence-corrected chi connectivity index (χ2v) is 8.52. The Labute approximate surface area is 178 Å². The van der Waals surface area contributed by atoms with Gasteiger partial charge in [-0.15, -0.1) is 10.2 Å². The number of rotatable bonds is 5. The molecule has 1 aliphatic rings. The Morgan fingerprint density at radius 3 is 2.83 bits per heavy atom. The van der Waals surface area contributed by atoms with Gasteiger partial charge in [0.2, 0.25) is 5.13 Å². The fourth-order valence-corrected chi connectivity index (χ4v) is 4.20. The summed E-state index contributed by atoms with van der Waals surface area (Å²) in [4.78, 5) is 32.9. The highest BCUT2D eigenvalue weighted by molar-refractivity contribution is 7.15. The highest BCUT2D eigenvalue weighted by Crippen LogP contribution is 2.29. The Bertz CT molecular complexity index is 1110. The summed E-state index contributed by atoms with van der Waals surface area (Å²) in [6.45, 7) is 5.11. The minimum absolute atomic E-state index is 0.348. The molecular weight excluding hydrogens is 402 g/mol. The van der Waals surface area contributed by atoms with Gasteiger partial charge in [-0.05, 0) is 26.5 Å². The molecule has 9 heteroatoms. The first-order valence-corrected chi connectivity index (χ1v) is 10.7. The summed E-state index contributed by atoms with van der Waals surface area (Å²) in [7, 11) is 2.01. The maximum Gasteiger partial charge on any atom is 0.340 e. The summed E-state index contributed by atoms with van der Waals surface area (Å²) in [5.41, 5.74) is 3.05. The number of fused-ring (bicyclic) bond motifs is 2. The Morgan fingerprint density at radius 2 is 2.10 bits per heavy atom. The number of nitrogens with one attached hydrogen (secondary N) is 1. The van der Waals surface area contributed by atoms with E-state index in [1.54, 1.807) is 13.8 Å². The van der Waals surface area contributed by atoms with Crippen LogP contribution in [0.5, 0.6) is 0 Å². The fourth-order valence-electron chi connectivity index (χ4n) is 3.60. The summed E-state index contributed by atoms with van der Waals surface area (Å²) in [5.74, 6) is -0.915. The zero-order valence-electron chi connectivity index (χ0n) is 17.1. The quantitative estimate of drug-likeness (QED) is 0.628. The van der Waals surface area contributed by atoms with Gasteiger partial charge in [0, 0.05) is 36.2 Å². The Kier molecular flexibility index (Phi) is 5.74. The van der Waals surface area contributed by atoms with Gasteiger partial charge in [0.25, 0.3) is 5.91 Å². The molecular formula is C21H23N5O3S. The number of nitrogens with zero attached hydrogens (tertiary/aromatic N) is 4. The van der Waals surface area contributed by atoms with E-state index in [0.717, 1.165) is 40.1 Å². The largest absolute Gasteiger partial charge is 0.449 e. The van der Waals surface area contributed by atoms with Gasteiger partial charge in [-0.2, -0.15) is 0 Å². The van der Waals surface area contributed by atoms with E-state index in [2.05, 4.69) is 20.4 Å². The number of amides is 1. The van der Waals surface area contributed by atoms with Gasteiger partial charge in [-0.25, -0.2) is 4.79 Å². The third-order valence-electron chi connectivity index (χ3n) is 5.11. The van der Waals surface area contributed by atoms with E-state index in [1.807, 2.05) is 31.3 Å². The molecule has 30 heavy (non-hydrogen) atoms. The van der Waals surface area contributed by atoms with Gasteiger partial charge in [-0.1, -0.05) is 36.5 Å². The molecule has 0 saturated carbocycles. The van der Waals surface area contributed by atoms with E-state index in [-0.39, 0.29) is 0 Å². The smallest absolute Gasteiger partial charge is 0.340 e. The summed E-state index contributed by atoms with van der Waals surface area (Å²) in [6.07, 6.45) is 0.191. The molecule has 0 saturated heterocycles. The number of hydrogen-bond acceptors (Lipinski definition) is 8. The van der Waals surface area contributed by atoms with E-state index >= 15 is 0 Å². The van der Waals surface area contributed by atoms with Crippen LogP contribution in [-0.4, -0.2) is 51.7 Å². The molecule has 2 aromatic heterocycles. The lowest BCUT2D eigenvalue weighted by Gasteiger charge is -2.27. The molecule has 156 valence electrons. The summed E-state index contributed by atoms with van der Waals surface area (Å²) >= 11 is 1.27. The molecule has 1 atom stereocenters. The summed E-state index contributed by atoms with van der Waals surface area (Å²) in [6, 6.07) is 7.55. The van der Waals surface area contributed by atoms with Gasteiger partial charge in [0.1, 0.15) is 5.01 Å². The van der Waals surface area contributed by atoms with Crippen LogP contribution in [0.4, 0.5) is 5.13 Å². The van der Waals surface area contributed by atoms with Gasteiger partial charge < -0.3 is 9.64 Å². The van der Waals surface area contributed by atoms with Crippen LogP contribution in [-0.2, 0) is 22.5 Å². The lowest BCUT2D eigenvalue weighted by atomic mass is 9.96. The minimum atomic E-state index is -0.925. The van der Waals surface area contributed by atoms with Gasteiger partial charge in [-0.3, -0.25) is 15.1 Å². The first kappa shape index (κ1) is 20.4. The maximum atomic E-state index is 13.3. The van der Waals surface area contributed by atoms with Crippen LogP contribution >= 0.6 is 11.3 Å². The number of aryl methyl sites for hydroxylation is 1. The van der Waals surface area contributed by atoms with Crippen LogP contribution in [0.1, 0.15) is 40.0 Å². The van der Waals surface area contributed by atoms with E-state index in [4.69, 9.17) is 9.72 Å².